The Morgan fingerprint density at radius 3 is 2.81 bits per heavy atom. The molecule has 2 aliphatic rings. The van der Waals surface area contributed by atoms with E-state index in [0.717, 1.165) is 17.0 Å². The highest BCUT2D eigenvalue weighted by molar-refractivity contribution is 6.31. The van der Waals surface area contributed by atoms with Gasteiger partial charge in [0, 0.05) is 30.3 Å². The van der Waals surface area contributed by atoms with Gasteiger partial charge in [-0.15, -0.1) is 0 Å². The summed E-state index contributed by atoms with van der Waals surface area (Å²) in [6, 6.07) is 3.44. The van der Waals surface area contributed by atoms with E-state index in [1.807, 2.05) is 25.7 Å². The van der Waals surface area contributed by atoms with E-state index in [-0.39, 0.29) is 49.0 Å². The first-order valence-electron chi connectivity index (χ1n) is 12.5. The summed E-state index contributed by atoms with van der Waals surface area (Å²) in [5, 5.41) is 15.6. The molecule has 3 unspecified atom stereocenters. The molecule has 37 heavy (non-hydrogen) atoms. The lowest BCUT2D eigenvalue weighted by molar-refractivity contribution is 0.0740. The van der Waals surface area contributed by atoms with E-state index in [4.69, 9.17) is 16.3 Å². The van der Waals surface area contributed by atoms with E-state index in [0.29, 0.717) is 35.8 Å². The summed E-state index contributed by atoms with van der Waals surface area (Å²) in [5.41, 5.74) is 3.97. The van der Waals surface area contributed by atoms with Crippen LogP contribution in [0.4, 0.5) is 8.78 Å². The number of aliphatic hydroxyl groups is 1. The maximum atomic E-state index is 14.2. The standard InChI is InChI=1S/C26H30ClF2N5O3/c1-4-21-22(35)10-17(33(21)8-7-28)13-37-23-9-16(29)5-6-18(23)26(36)32-11-19-20(12-32)31-34-15(3)24(27)14(2)30-25(19)34/h5-6,9,17,21-22,35H,4,7-8,10-13H2,1-3H3. The maximum absolute atomic E-state index is 14.2. The number of aryl methyl sites for hydroxylation is 2. The smallest absolute Gasteiger partial charge is 0.258 e. The monoisotopic (exact) mass is 533 g/mol. The molecule has 3 atom stereocenters. The first kappa shape index (κ1) is 25.8. The number of hydrogen-bond donors (Lipinski definition) is 1. The Bertz CT molecular complexity index is 1350. The van der Waals surface area contributed by atoms with Gasteiger partial charge in [0.25, 0.3) is 5.91 Å². The minimum atomic E-state index is -0.586. The van der Waals surface area contributed by atoms with Crippen LogP contribution in [0.3, 0.4) is 0 Å². The number of nitrogens with zero attached hydrogens (tertiary/aromatic N) is 5. The molecule has 0 bridgehead atoms. The lowest BCUT2D eigenvalue weighted by Gasteiger charge is -2.29. The summed E-state index contributed by atoms with van der Waals surface area (Å²) in [7, 11) is 0. The van der Waals surface area contributed by atoms with Crippen molar-refractivity contribution < 1.29 is 23.4 Å². The zero-order chi connectivity index (χ0) is 26.4. The number of carbonyl (C=O) groups is 1. The van der Waals surface area contributed by atoms with Gasteiger partial charge in [-0.3, -0.25) is 9.69 Å². The number of benzene rings is 1. The molecule has 198 valence electrons. The average Bonchev–Trinajstić information content (AvgIpc) is 3.53. The highest BCUT2D eigenvalue weighted by Gasteiger charge is 2.39. The first-order valence-corrected chi connectivity index (χ1v) is 12.9. The first-order chi connectivity index (χ1) is 17.7. The Balaban J connectivity index is 1.36. The fourth-order valence-corrected chi connectivity index (χ4v) is 5.71. The maximum Gasteiger partial charge on any atom is 0.258 e. The third kappa shape index (κ3) is 4.55. The molecule has 1 N–H and O–H groups in total. The van der Waals surface area contributed by atoms with E-state index in [9.17, 15) is 18.7 Å². The molecule has 1 saturated heterocycles. The molecule has 4 heterocycles. The van der Waals surface area contributed by atoms with Gasteiger partial charge in [-0.05, 0) is 38.8 Å². The number of fused-ring (bicyclic) bond motifs is 3. The topological polar surface area (TPSA) is 83.2 Å². The third-order valence-corrected chi connectivity index (χ3v) is 8.01. The SMILES string of the molecule is CCC1C(O)CC(COc2cc(F)ccc2C(=O)N2Cc3nn4c(C)c(Cl)c(C)nc4c3C2)N1CCF. The normalized spacial score (nSPS) is 21.7. The molecular formula is C26H30ClF2N5O3. The lowest BCUT2D eigenvalue weighted by atomic mass is 10.1. The van der Waals surface area contributed by atoms with E-state index < -0.39 is 18.6 Å². The van der Waals surface area contributed by atoms with Crippen LogP contribution in [0.1, 0.15) is 52.8 Å². The average molecular weight is 534 g/mol. The molecule has 1 aromatic carbocycles. The largest absolute Gasteiger partial charge is 0.491 e. The summed E-state index contributed by atoms with van der Waals surface area (Å²) in [4.78, 5) is 21.6. The Labute approximate surface area is 218 Å². The predicted octanol–water partition coefficient (Wildman–Crippen LogP) is 3.86. The van der Waals surface area contributed by atoms with Crippen LogP contribution in [0.2, 0.25) is 5.02 Å². The Kier molecular flexibility index (Phi) is 7.08. The van der Waals surface area contributed by atoms with Crippen LogP contribution in [0, 0.1) is 19.7 Å². The summed E-state index contributed by atoms with van der Waals surface area (Å²) in [5.74, 6) is -0.721. The second-order valence-electron chi connectivity index (χ2n) is 9.73. The number of amides is 1. The number of carbonyl (C=O) groups excluding carboxylic acids is 1. The summed E-state index contributed by atoms with van der Waals surface area (Å²) in [6.07, 6.45) is 0.520. The number of alkyl halides is 1. The van der Waals surface area contributed by atoms with Crippen molar-refractivity contribution in [3.63, 3.8) is 0 Å². The molecule has 11 heteroatoms. The number of hydrogen-bond acceptors (Lipinski definition) is 6. The molecule has 3 aromatic rings. The van der Waals surface area contributed by atoms with Gasteiger partial charge in [0.05, 0.1) is 46.9 Å². The van der Waals surface area contributed by atoms with E-state index in [1.165, 1.54) is 18.2 Å². The highest BCUT2D eigenvalue weighted by atomic mass is 35.5. The molecule has 8 nitrogen and oxygen atoms in total. The quantitative estimate of drug-likeness (QED) is 0.497. The summed E-state index contributed by atoms with van der Waals surface area (Å²) >= 11 is 6.33. The molecule has 2 aliphatic heterocycles. The van der Waals surface area contributed by atoms with Gasteiger partial charge in [-0.1, -0.05) is 18.5 Å². The molecule has 1 fully saturated rings. The molecular weight excluding hydrogens is 504 g/mol. The molecule has 0 aliphatic carbocycles. The zero-order valence-electron chi connectivity index (χ0n) is 21.0. The second-order valence-corrected chi connectivity index (χ2v) is 10.1. The minimum Gasteiger partial charge on any atom is -0.491 e. The molecule has 0 spiro atoms. The predicted molar refractivity (Wildman–Crippen MR) is 134 cm³/mol. The van der Waals surface area contributed by atoms with Gasteiger partial charge in [0.1, 0.15) is 24.8 Å². The molecule has 0 radical (unpaired) electrons. The minimum absolute atomic E-state index is 0.106. The Morgan fingerprint density at radius 1 is 1.30 bits per heavy atom. The Hall–Kier alpha value is -2.82. The third-order valence-electron chi connectivity index (χ3n) is 7.46. The summed E-state index contributed by atoms with van der Waals surface area (Å²) < 4.78 is 35.0. The molecule has 0 saturated carbocycles. The van der Waals surface area contributed by atoms with Gasteiger partial charge in [0.2, 0.25) is 0 Å². The van der Waals surface area contributed by atoms with Crippen molar-refractivity contribution in [2.24, 2.45) is 0 Å². The molecule has 1 amide bonds. The van der Waals surface area contributed by atoms with Crippen LogP contribution in [0.15, 0.2) is 18.2 Å². The van der Waals surface area contributed by atoms with Crippen LogP contribution in [0.25, 0.3) is 5.65 Å². The van der Waals surface area contributed by atoms with E-state index in [1.54, 1.807) is 9.42 Å². The van der Waals surface area contributed by atoms with Crippen molar-refractivity contribution in [1.29, 1.82) is 0 Å². The second kappa shape index (κ2) is 10.2. The number of aliphatic hydroxyl groups excluding tert-OH is 1. The Morgan fingerprint density at radius 2 is 2.08 bits per heavy atom. The number of rotatable bonds is 7. The van der Waals surface area contributed by atoms with Gasteiger partial charge < -0.3 is 14.7 Å². The van der Waals surface area contributed by atoms with Crippen molar-refractivity contribution in [3.05, 3.63) is 57.2 Å². The number of halogens is 3. The van der Waals surface area contributed by atoms with Crippen LogP contribution >= 0.6 is 11.6 Å². The fourth-order valence-electron chi connectivity index (χ4n) is 5.58. The fraction of sp³-hybridized carbons (Fsp3) is 0.500. The number of likely N-dealkylation sites (tertiary alicyclic amines) is 1. The van der Waals surface area contributed by atoms with Crippen LogP contribution in [0.5, 0.6) is 5.75 Å². The van der Waals surface area contributed by atoms with Crippen molar-refractivity contribution in [2.75, 3.05) is 19.8 Å². The number of aromatic nitrogens is 3. The van der Waals surface area contributed by atoms with Gasteiger partial charge >= 0.3 is 0 Å². The molecule has 2 aromatic heterocycles. The summed E-state index contributed by atoms with van der Waals surface area (Å²) in [6.45, 7) is 5.99. The van der Waals surface area contributed by atoms with Crippen LogP contribution in [-0.4, -0.2) is 73.4 Å². The van der Waals surface area contributed by atoms with Crippen LogP contribution < -0.4 is 4.74 Å². The van der Waals surface area contributed by atoms with Crippen molar-refractivity contribution in [1.82, 2.24) is 24.4 Å². The lowest BCUT2D eigenvalue weighted by Crippen LogP contribution is -2.42. The van der Waals surface area contributed by atoms with Crippen molar-refractivity contribution >= 4 is 23.2 Å². The van der Waals surface area contributed by atoms with Gasteiger partial charge in [-0.2, -0.15) is 5.10 Å². The van der Waals surface area contributed by atoms with Gasteiger partial charge in [-0.25, -0.2) is 18.3 Å². The van der Waals surface area contributed by atoms with Crippen molar-refractivity contribution in [2.45, 2.75) is 64.9 Å². The van der Waals surface area contributed by atoms with Crippen molar-refractivity contribution in [3.8, 4) is 5.75 Å². The van der Waals surface area contributed by atoms with E-state index in [2.05, 4.69) is 10.1 Å². The zero-order valence-corrected chi connectivity index (χ0v) is 21.8. The van der Waals surface area contributed by atoms with Gasteiger partial charge in [0.15, 0.2) is 5.65 Å². The molecule has 5 rings (SSSR count). The van der Waals surface area contributed by atoms with Crippen LogP contribution in [-0.2, 0) is 13.1 Å². The van der Waals surface area contributed by atoms with E-state index >= 15 is 0 Å². The number of ether oxygens (including phenoxy) is 1. The highest BCUT2D eigenvalue weighted by Crippen LogP contribution is 2.32.